The summed E-state index contributed by atoms with van der Waals surface area (Å²) in [7, 11) is 2.64. The maximum atomic E-state index is 12.8. The van der Waals surface area contributed by atoms with Crippen LogP contribution in [0.1, 0.15) is 12.0 Å². The maximum Gasteiger partial charge on any atom is 0.328 e. The fourth-order valence-corrected chi connectivity index (χ4v) is 2.79. The number of hydrogen-bond acceptors (Lipinski definition) is 6. The zero-order valence-corrected chi connectivity index (χ0v) is 14.4. The van der Waals surface area contributed by atoms with E-state index in [4.69, 9.17) is 4.74 Å². The summed E-state index contributed by atoms with van der Waals surface area (Å²) in [4.78, 5) is 49.1. The van der Waals surface area contributed by atoms with Gasteiger partial charge in [0, 0.05) is 6.54 Å². The molecule has 0 aliphatic carbocycles. The molecule has 0 saturated carbocycles. The molecule has 2 atom stereocenters. The second-order valence-electron chi connectivity index (χ2n) is 5.72. The normalized spacial score (nSPS) is 19.5. The molecule has 1 aromatic carbocycles. The van der Waals surface area contributed by atoms with E-state index in [1.165, 1.54) is 7.11 Å². The third-order valence-electron chi connectivity index (χ3n) is 4.09. The monoisotopic (exact) mass is 364 g/mol. The summed E-state index contributed by atoms with van der Waals surface area (Å²) >= 11 is 0. The van der Waals surface area contributed by atoms with Crippen LogP contribution in [0, 0.1) is 0 Å². The van der Waals surface area contributed by atoms with Gasteiger partial charge >= 0.3 is 11.9 Å². The highest BCUT2D eigenvalue weighted by molar-refractivity contribution is 5.96. The lowest BCUT2D eigenvalue weighted by molar-refractivity contribution is -0.161. The number of aliphatic carboxylic acids is 1. The Labute approximate surface area is 149 Å². The molecule has 2 rings (SSSR count). The van der Waals surface area contributed by atoms with Crippen LogP contribution in [-0.4, -0.2) is 66.6 Å². The highest BCUT2D eigenvalue weighted by atomic mass is 16.5. The fourth-order valence-electron chi connectivity index (χ4n) is 2.79. The number of carboxylic acids is 1. The van der Waals surface area contributed by atoms with Gasteiger partial charge in [-0.2, -0.15) is 0 Å². The number of rotatable bonds is 6. The summed E-state index contributed by atoms with van der Waals surface area (Å²) in [5.74, 6) is -2.59. The highest BCUT2D eigenvalue weighted by Crippen LogP contribution is 2.19. The van der Waals surface area contributed by atoms with Crippen molar-refractivity contribution >= 4 is 23.8 Å². The Morgan fingerprint density at radius 2 is 2.04 bits per heavy atom. The Balaban J connectivity index is 2.29. The Kier molecular flexibility index (Phi) is 6.16. The van der Waals surface area contributed by atoms with Crippen molar-refractivity contribution in [3.8, 4) is 5.75 Å². The largest absolute Gasteiger partial charge is 0.497 e. The van der Waals surface area contributed by atoms with E-state index in [-0.39, 0.29) is 13.0 Å². The number of piperazine rings is 1. The molecule has 1 fully saturated rings. The molecule has 1 aromatic rings. The van der Waals surface area contributed by atoms with E-state index < -0.39 is 42.3 Å². The van der Waals surface area contributed by atoms with Crippen LogP contribution in [0.5, 0.6) is 5.75 Å². The molecule has 1 aliphatic rings. The summed E-state index contributed by atoms with van der Waals surface area (Å²) < 4.78 is 9.66. The molecule has 0 bridgehead atoms. The van der Waals surface area contributed by atoms with Crippen LogP contribution >= 0.6 is 0 Å². The van der Waals surface area contributed by atoms with Gasteiger partial charge in [-0.3, -0.25) is 14.4 Å². The summed E-state index contributed by atoms with van der Waals surface area (Å²) in [6, 6.07) is 4.24. The number of carboxylic acid groups (broad SMARTS) is 1. The molecule has 140 valence electrons. The van der Waals surface area contributed by atoms with Crippen molar-refractivity contribution in [2.45, 2.75) is 24.9 Å². The fraction of sp³-hybridized carbons (Fsp3) is 0.412. The molecule has 1 saturated heterocycles. The minimum Gasteiger partial charge on any atom is -0.497 e. The minimum atomic E-state index is -1.26. The molecule has 0 radical (unpaired) electrons. The van der Waals surface area contributed by atoms with Gasteiger partial charge in [-0.15, -0.1) is 0 Å². The van der Waals surface area contributed by atoms with Crippen molar-refractivity contribution in [2.75, 3.05) is 20.8 Å². The number of ether oxygens (including phenoxy) is 2. The van der Waals surface area contributed by atoms with Crippen LogP contribution in [0.25, 0.3) is 0 Å². The lowest BCUT2D eigenvalue weighted by atomic mass is 10.0. The number of nitrogens with one attached hydrogen (secondary N) is 1. The lowest BCUT2D eigenvalue weighted by Crippen LogP contribution is -2.65. The third-order valence-corrected chi connectivity index (χ3v) is 4.09. The van der Waals surface area contributed by atoms with Crippen LogP contribution in [-0.2, 0) is 30.3 Å². The predicted octanol–water partition coefficient (Wildman–Crippen LogP) is -0.419. The molecule has 0 spiro atoms. The van der Waals surface area contributed by atoms with E-state index >= 15 is 0 Å². The van der Waals surface area contributed by atoms with Gasteiger partial charge in [-0.05, 0) is 17.7 Å². The van der Waals surface area contributed by atoms with E-state index in [9.17, 15) is 24.3 Å². The highest BCUT2D eigenvalue weighted by Gasteiger charge is 2.43. The molecule has 1 heterocycles. The van der Waals surface area contributed by atoms with E-state index in [1.54, 1.807) is 24.3 Å². The number of benzene rings is 1. The number of carbonyl (C=O) groups is 4. The van der Waals surface area contributed by atoms with Crippen LogP contribution < -0.4 is 10.1 Å². The number of esters is 1. The zero-order valence-electron chi connectivity index (χ0n) is 14.4. The van der Waals surface area contributed by atoms with E-state index in [0.29, 0.717) is 11.3 Å². The smallest absolute Gasteiger partial charge is 0.328 e. The Morgan fingerprint density at radius 1 is 1.31 bits per heavy atom. The van der Waals surface area contributed by atoms with Crippen LogP contribution in [0.4, 0.5) is 0 Å². The van der Waals surface area contributed by atoms with E-state index in [1.807, 2.05) is 0 Å². The average Bonchev–Trinajstić information content (AvgIpc) is 2.62. The molecule has 26 heavy (non-hydrogen) atoms. The molecule has 2 amide bonds. The predicted molar refractivity (Wildman–Crippen MR) is 88.4 cm³/mol. The number of hydrogen-bond donors (Lipinski definition) is 2. The molecule has 1 aliphatic heterocycles. The first-order valence-corrected chi connectivity index (χ1v) is 7.88. The molecule has 0 aromatic heterocycles. The summed E-state index contributed by atoms with van der Waals surface area (Å²) in [6.45, 7) is -0.226. The Bertz CT molecular complexity index is 719. The SMILES string of the molecule is COC(=O)C[C@H]1C(=O)NC[C@@H](C(=O)O)N1C(=O)Cc1cccc(OC)c1. The van der Waals surface area contributed by atoms with Gasteiger partial charge in [0.05, 0.1) is 27.1 Å². The zero-order chi connectivity index (χ0) is 19.3. The first-order chi connectivity index (χ1) is 12.4. The quantitative estimate of drug-likeness (QED) is 0.658. The second kappa shape index (κ2) is 8.32. The van der Waals surface area contributed by atoms with Gasteiger partial charge in [0.1, 0.15) is 17.8 Å². The summed E-state index contributed by atoms with van der Waals surface area (Å²) in [5, 5.41) is 11.8. The molecule has 9 nitrogen and oxygen atoms in total. The first kappa shape index (κ1) is 19.2. The van der Waals surface area contributed by atoms with E-state index in [2.05, 4.69) is 10.1 Å². The minimum absolute atomic E-state index is 0.133. The Morgan fingerprint density at radius 3 is 2.65 bits per heavy atom. The number of nitrogens with zero attached hydrogens (tertiary/aromatic N) is 1. The van der Waals surface area contributed by atoms with Crippen molar-refractivity contribution in [2.24, 2.45) is 0 Å². The van der Waals surface area contributed by atoms with Gasteiger partial charge < -0.3 is 24.8 Å². The van der Waals surface area contributed by atoms with Crippen LogP contribution in [0.3, 0.4) is 0 Å². The average molecular weight is 364 g/mol. The number of methoxy groups -OCH3 is 2. The third kappa shape index (κ3) is 4.29. The summed E-state index contributed by atoms with van der Waals surface area (Å²) in [6.07, 6.45) is -0.554. The second-order valence-corrected chi connectivity index (χ2v) is 5.72. The lowest BCUT2D eigenvalue weighted by Gasteiger charge is -2.39. The van der Waals surface area contributed by atoms with Gasteiger partial charge in [-0.1, -0.05) is 12.1 Å². The van der Waals surface area contributed by atoms with Crippen molar-refractivity contribution in [1.29, 1.82) is 0 Å². The molecular formula is C17H20N2O7. The number of amides is 2. The maximum absolute atomic E-state index is 12.8. The van der Waals surface area contributed by atoms with Crippen LogP contribution in [0.15, 0.2) is 24.3 Å². The number of carbonyl (C=O) groups excluding carboxylic acids is 3. The first-order valence-electron chi connectivity index (χ1n) is 7.88. The van der Waals surface area contributed by atoms with Crippen molar-refractivity contribution < 1.29 is 33.8 Å². The molecule has 0 unspecified atom stereocenters. The van der Waals surface area contributed by atoms with Gasteiger partial charge in [-0.25, -0.2) is 4.79 Å². The summed E-state index contributed by atoms with van der Waals surface area (Å²) in [5.41, 5.74) is 0.598. The van der Waals surface area contributed by atoms with Crippen molar-refractivity contribution in [3.05, 3.63) is 29.8 Å². The molecular weight excluding hydrogens is 344 g/mol. The molecule has 9 heteroatoms. The van der Waals surface area contributed by atoms with Crippen molar-refractivity contribution in [1.82, 2.24) is 10.2 Å². The van der Waals surface area contributed by atoms with Gasteiger partial charge in [0.15, 0.2) is 0 Å². The van der Waals surface area contributed by atoms with Gasteiger partial charge in [0.2, 0.25) is 11.8 Å². The standard InChI is InChI=1S/C17H20N2O7/c1-25-11-5-3-4-10(6-11)7-14(20)19-12(8-15(21)26-2)16(22)18-9-13(19)17(23)24/h3-6,12-13H,7-9H2,1-2H3,(H,18,22)(H,23,24)/t12-,13-/m0/s1. The topological polar surface area (TPSA) is 122 Å². The Hall–Kier alpha value is -3.10. The van der Waals surface area contributed by atoms with E-state index in [0.717, 1.165) is 12.0 Å². The van der Waals surface area contributed by atoms with Crippen LogP contribution in [0.2, 0.25) is 0 Å². The van der Waals surface area contributed by atoms with Gasteiger partial charge in [0.25, 0.3) is 0 Å². The van der Waals surface area contributed by atoms with Crippen molar-refractivity contribution in [3.63, 3.8) is 0 Å². The molecule has 2 N–H and O–H groups in total.